The summed E-state index contributed by atoms with van der Waals surface area (Å²) in [6, 6.07) is 6.39. The van der Waals surface area contributed by atoms with E-state index in [1.54, 1.807) is 0 Å². The molecule has 0 spiro atoms. The van der Waals surface area contributed by atoms with Gasteiger partial charge in [-0.15, -0.1) is 0 Å². The highest BCUT2D eigenvalue weighted by atomic mass is 16.2. The van der Waals surface area contributed by atoms with Crippen LogP contribution in [0, 0.1) is 0 Å². The van der Waals surface area contributed by atoms with Gasteiger partial charge in [-0.2, -0.15) is 0 Å². The van der Waals surface area contributed by atoms with E-state index in [1.807, 2.05) is 18.2 Å². The number of benzene rings is 1. The van der Waals surface area contributed by atoms with Crippen LogP contribution in [0.2, 0.25) is 0 Å². The fourth-order valence-corrected chi connectivity index (χ4v) is 4.19. The van der Waals surface area contributed by atoms with Gasteiger partial charge in [-0.25, -0.2) is 0 Å². The van der Waals surface area contributed by atoms with Gasteiger partial charge in [0.15, 0.2) is 0 Å². The second-order valence-electron chi connectivity index (χ2n) is 6.89. The third-order valence-electron chi connectivity index (χ3n) is 5.44. The summed E-state index contributed by atoms with van der Waals surface area (Å²) in [4.78, 5) is 26.5. The van der Waals surface area contributed by atoms with Gasteiger partial charge in [0.2, 0.25) is 5.91 Å². The van der Waals surface area contributed by atoms with Crippen LogP contribution >= 0.6 is 0 Å². The van der Waals surface area contributed by atoms with Gasteiger partial charge in [-0.1, -0.05) is 6.42 Å². The van der Waals surface area contributed by atoms with E-state index in [9.17, 15) is 9.59 Å². The van der Waals surface area contributed by atoms with Crippen LogP contribution in [-0.2, 0) is 11.2 Å². The summed E-state index contributed by atoms with van der Waals surface area (Å²) in [5.41, 5.74) is 2.61. The molecule has 2 fully saturated rings. The molecule has 122 valence electrons. The van der Waals surface area contributed by atoms with Crippen molar-refractivity contribution in [1.29, 1.82) is 0 Å². The number of fused-ring (bicyclic) bond motifs is 2. The number of aryl methyl sites for hydroxylation is 1. The Morgan fingerprint density at radius 3 is 3.00 bits per heavy atom. The minimum atomic E-state index is 0.0159. The molecule has 0 bridgehead atoms. The molecule has 23 heavy (non-hydrogen) atoms. The maximum atomic E-state index is 12.6. The minimum absolute atomic E-state index is 0.0159. The van der Waals surface area contributed by atoms with Crippen LogP contribution in [0.4, 0.5) is 5.69 Å². The molecular formula is C18H23N3O2. The van der Waals surface area contributed by atoms with E-state index < -0.39 is 0 Å². The van der Waals surface area contributed by atoms with Crippen molar-refractivity contribution in [3.63, 3.8) is 0 Å². The van der Waals surface area contributed by atoms with E-state index in [0.29, 0.717) is 24.4 Å². The molecule has 0 unspecified atom stereocenters. The number of rotatable bonds is 2. The first-order valence-electron chi connectivity index (χ1n) is 8.68. The number of nitrogens with zero attached hydrogens (tertiary/aromatic N) is 1. The highest BCUT2D eigenvalue weighted by Crippen LogP contribution is 2.28. The van der Waals surface area contributed by atoms with Crippen molar-refractivity contribution in [2.24, 2.45) is 0 Å². The maximum absolute atomic E-state index is 12.6. The van der Waals surface area contributed by atoms with Gasteiger partial charge in [0.1, 0.15) is 0 Å². The third kappa shape index (κ3) is 2.85. The van der Waals surface area contributed by atoms with Crippen molar-refractivity contribution < 1.29 is 9.59 Å². The molecule has 1 aromatic carbocycles. The van der Waals surface area contributed by atoms with E-state index in [1.165, 1.54) is 25.8 Å². The first kappa shape index (κ1) is 14.7. The molecule has 0 radical (unpaired) electrons. The second kappa shape index (κ2) is 5.96. The molecule has 0 saturated carbocycles. The lowest BCUT2D eigenvalue weighted by atomic mass is 9.97. The molecule has 2 N–H and O–H groups in total. The maximum Gasteiger partial charge on any atom is 0.251 e. The lowest BCUT2D eigenvalue weighted by Gasteiger charge is -2.32. The van der Waals surface area contributed by atoms with Crippen molar-refractivity contribution in [1.82, 2.24) is 10.2 Å². The summed E-state index contributed by atoms with van der Waals surface area (Å²) in [7, 11) is 0. The fraction of sp³-hybridized carbons (Fsp3) is 0.556. The number of nitrogens with one attached hydrogen (secondary N) is 2. The number of hydrogen-bond acceptors (Lipinski definition) is 3. The molecule has 2 saturated heterocycles. The van der Waals surface area contributed by atoms with E-state index in [2.05, 4.69) is 15.5 Å². The van der Waals surface area contributed by atoms with E-state index in [4.69, 9.17) is 0 Å². The van der Waals surface area contributed by atoms with Gasteiger partial charge in [0.25, 0.3) is 5.91 Å². The summed E-state index contributed by atoms with van der Waals surface area (Å²) in [6.45, 7) is 2.28. The van der Waals surface area contributed by atoms with Crippen LogP contribution < -0.4 is 10.6 Å². The van der Waals surface area contributed by atoms with Gasteiger partial charge in [-0.05, 0) is 56.0 Å². The quantitative estimate of drug-likeness (QED) is 0.877. The van der Waals surface area contributed by atoms with Gasteiger partial charge >= 0.3 is 0 Å². The molecule has 3 aliphatic rings. The van der Waals surface area contributed by atoms with Gasteiger partial charge < -0.3 is 10.6 Å². The summed E-state index contributed by atoms with van der Waals surface area (Å²) in [5.74, 6) is 0.0696. The average Bonchev–Trinajstić information content (AvgIpc) is 2.97. The normalized spacial score (nSPS) is 27.0. The topological polar surface area (TPSA) is 61.4 Å². The second-order valence-corrected chi connectivity index (χ2v) is 6.89. The van der Waals surface area contributed by atoms with Crippen LogP contribution in [0.5, 0.6) is 0 Å². The summed E-state index contributed by atoms with van der Waals surface area (Å²) in [6.07, 6.45) is 6.01. The molecule has 0 aliphatic carbocycles. The van der Waals surface area contributed by atoms with Crippen molar-refractivity contribution in [2.75, 3.05) is 18.4 Å². The Kier molecular flexibility index (Phi) is 3.81. The largest absolute Gasteiger partial charge is 0.348 e. The molecule has 3 aliphatic heterocycles. The smallest absolute Gasteiger partial charge is 0.251 e. The van der Waals surface area contributed by atoms with Gasteiger partial charge in [0, 0.05) is 36.3 Å². The highest BCUT2D eigenvalue weighted by molar-refractivity contribution is 5.98. The van der Waals surface area contributed by atoms with Crippen LogP contribution in [0.25, 0.3) is 0 Å². The van der Waals surface area contributed by atoms with Crippen molar-refractivity contribution in [3.05, 3.63) is 29.3 Å². The lowest BCUT2D eigenvalue weighted by Crippen LogP contribution is -2.46. The zero-order chi connectivity index (χ0) is 15.8. The predicted molar refractivity (Wildman–Crippen MR) is 88.5 cm³/mol. The van der Waals surface area contributed by atoms with Crippen molar-refractivity contribution in [2.45, 2.75) is 50.6 Å². The first-order chi connectivity index (χ1) is 11.2. The summed E-state index contributed by atoms with van der Waals surface area (Å²) >= 11 is 0. The molecule has 2 atom stereocenters. The van der Waals surface area contributed by atoms with E-state index in [0.717, 1.165) is 24.2 Å². The molecule has 5 nitrogen and oxygen atoms in total. The number of piperidine rings is 1. The molecule has 4 rings (SSSR count). The van der Waals surface area contributed by atoms with E-state index in [-0.39, 0.29) is 17.9 Å². The Labute approximate surface area is 136 Å². The number of carbonyl (C=O) groups excluding carboxylic acids is 2. The SMILES string of the molecule is O=C1CCc2cc(C(=O)N[C@@H]3CCN4CCCC[C@H]34)ccc2N1. The standard InChI is InChI=1S/C18H23N3O2/c22-17-7-5-12-11-13(4-6-14(12)19-17)18(23)20-15-8-10-21-9-2-1-3-16(15)21/h4,6,11,15-16H,1-3,5,7-10H2,(H,19,22)(H,20,23)/t15-,16-/m1/s1. The molecule has 2 amide bonds. The van der Waals surface area contributed by atoms with Crippen LogP contribution in [-0.4, -0.2) is 41.9 Å². The monoisotopic (exact) mass is 313 g/mol. The molecule has 0 aromatic heterocycles. The minimum Gasteiger partial charge on any atom is -0.348 e. The third-order valence-corrected chi connectivity index (χ3v) is 5.44. The fourth-order valence-electron chi connectivity index (χ4n) is 4.19. The molecule has 5 heteroatoms. The zero-order valence-electron chi connectivity index (χ0n) is 13.3. The Balaban J connectivity index is 1.46. The summed E-state index contributed by atoms with van der Waals surface area (Å²) in [5, 5.41) is 6.10. The molecular weight excluding hydrogens is 290 g/mol. The van der Waals surface area contributed by atoms with Crippen LogP contribution in [0.1, 0.15) is 48.0 Å². The molecule has 3 heterocycles. The summed E-state index contributed by atoms with van der Waals surface area (Å²) < 4.78 is 0. The van der Waals surface area contributed by atoms with Crippen LogP contribution in [0.15, 0.2) is 18.2 Å². The number of carbonyl (C=O) groups is 2. The van der Waals surface area contributed by atoms with Crippen molar-refractivity contribution >= 4 is 17.5 Å². The Morgan fingerprint density at radius 2 is 2.09 bits per heavy atom. The molecule has 1 aromatic rings. The van der Waals surface area contributed by atoms with E-state index >= 15 is 0 Å². The average molecular weight is 313 g/mol. The predicted octanol–water partition coefficient (Wildman–Crippen LogP) is 1.93. The number of amides is 2. The highest BCUT2D eigenvalue weighted by Gasteiger charge is 2.36. The van der Waals surface area contributed by atoms with Crippen LogP contribution in [0.3, 0.4) is 0 Å². The zero-order valence-corrected chi connectivity index (χ0v) is 13.3. The number of hydrogen-bond donors (Lipinski definition) is 2. The van der Waals surface area contributed by atoms with Gasteiger partial charge in [0.05, 0.1) is 0 Å². The van der Waals surface area contributed by atoms with Gasteiger partial charge in [-0.3, -0.25) is 14.5 Å². The Morgan fingerprint density at radius 1 is 1.17 bits per heavy atom. The number of anilines is 1. The van der Waals surface area contributed by atoms with Crippen molar-refractivity contribution in [3.8, 4) is 0 Å². The Bertz CT molecular complexity index is 643. The first-order valence-corrected chi connectivity index (χ1v) is 8.68. The lowest BCUT2D eigenvalue weighted by molar-refractivity contribution is -0.116. The Hall–Kier alpha value is -1.88.